The van der Waals surface area contributed by atoms with Gasteiger partial charge in [0.25, 0.3) is 0 Å². The van der Waals surface area contributed by atoms with E-state index in [0.717, 1.165) is 18.8 Å². The van der Waals surface area contributed by atoms with Gasteiger partial charge in [0, 0.05) is 18.0 Å². The molecule has 0 amide bonds. The van der Waals surface area contributed by atoms with Crippen molar-refractivity contribution in [2.75, 3.05) is 5.75 Å². The van der Waals surface area contributed by atoms with Gasteiger partial charge in [0.1, 0.15) is 0 Å². The van der Waals surface area contributed by atoms with E-state index in [1.807, 2.05) is 11.8 Å². The van der Waals surface area contributed by atoms with Gasteiger partial charge in [-0.05, 0) is 29.0 Å². The highest BCUT2D eigenvalue weighted by Crippen LogP contribution is 2.23. The summed E-state index contributed by atoms with van der Waals surface area (Å²) in [6, 6.07) is 6.77. The van der Waals surface area contributed by atoms with E-state index in [0.29, 0.717) is 0 Å². The van der Waals surface area contributed by atoms with Gasteiger partial charge in [0.05, 0.1) is 0 Å². The molecule has 0 bridgehead atoms. The Morgan fingerprint density at radius 3 is 3.00 bits per heavy atom. The molecular formula is C10H13NS. The van der Waals surface area contributed by atoms with Crippen molar-refractivity contribution < 1.29 is 0 Å². The molecule has 0 unspecified atom stereocenters. The molecule has 1 N–H and O–H groups in total. The zero-order valence-electron chi connectivity index (χ0n) is 7.26. The fourth-order valence-electron chi connectivity index (χ4n) is 1.53. The Bertz CT molecular complexity index is 283. The van der Waals surface area contributed by atoms with Gasteiger partial charge in [-0.3, -0.25) is 0 Å². The summed E-state index contributed by atoms with van der Waals surface area (Å²) >= 11 is 1.91. The fraction of sp³-hybridized carbons (Fsp3) is 0.400. The summed E-state index contributed by atoms with van der Waals surface area (Å²) in [4.78, 5) is 1.40. The first-order valence-electron chi connectivity index (χ1n) is 4.35. The van der Waals surface area contributed by atoms with E-state index in [-0.39, 0.29) is 0 Å². The first-order valence-corrected chi connectivity index (χ1v) is 5.34. The smallest absolute Gasteiger partial charge is 0.0212 e. The van der Waals surface area contributed by atoms with Crippen LogP contribution in [0, 0.1) is 0 Å². The van der Waals surface area contributed by atoms with E-state index in [2.05, 4.69) is 30.4 Å². The zero-order chi connectivity index (χ0) is 8.39. The third-order valence-corrected chi connectivity index (χ3v) is 3.00. The average molecular weight is 179 g/mol. The number of thioether (sulfide) groups is 1. The predicted molar refractivity (Wildman–Crippen MR) is 53.4 cm³/mol. The standard InChI is InChI=1S/C10H13NS/c1-2-12-10-4-3-8-6-11-7-9(8)5-10/h3-5,11H,2,6-7H2,1H3. The van der Waals surface area contributed by atoms with Crippen LogP contribution in [0.4, 0.5) is 0 Å². The van der Waals surface area contributed by atoms with Crippen molar-refractivity contribution in [2.45, 2.75) is 24.9 Å². The maximum absolute atomic E-state index is 3.35. The molecule has 1 nitrogen and oxygen atoms in total. The van der Waals surface area contributed by atoms with E-state index in [4.69, 9.17) is 0 Å². The van der Waals surface area contributed by atoms with Gasteiger partial charge in [0.15, 0.2) is 0 Å². The molecule has 12 heavy (non-hydrogen) atoms. The number of fused-ring (bicyclic) bond motifs is 1. The molecule has 2 heteroatoms. The van der Waals surface area contributed by atoms with Crippen LogP contribution in [-0.2, 0) is 13.1 Å². The highest BCUT2D eigenvalue weighted by molar-refractivity contribution is 7.99. The maximum atomic E-state index is 3.35. The largest absolute Gasteiger partial charge is 0.309 e. The lowest BCUT2D eigenvalue weighted by Gasteiger charge is -2.01. The molecule has 0 saturated heterocycles. The van der Waals surface area contributed by atoms with Gasteiger partial charge in [-0.2, -0.15) is 0 Å². The van der Waals surface area contributed by atoms with Crippen LogP contribution in [0.3, 0.4) is 0 Å². The highest BCUT2D eigenvalue weighted by Gasteiger charge is 2.09. The molecule has 64 valence electrons. The molecule has 1 aromatic carbocycles. The first kappa shape index (κ1) is 8.14. The number of nitrogens with one attached hydrogen (secondary N) is 1. The summed E-state index contributed by atoms with van der Waals surface area (Å²) in [6.07, 6.45) is 0. The Labute approximate surface area is 77.6 Å². The van der Waals surface area contributed by atoms with Crippen molar-refractivity contribution in [2.24, 2.45) is 0 Å². The summed E-state index contributed by atoms with van der Waals surface area (Å²) in [5.74, 6) is 1.16. The minimum Gasteiger partial charge on any atom is -0.309 e. The SMILES string of the molecule is CCSc1ccc2c(c1)CNC2. The number of rotatable bonds is 2. The molecule has 1 heterocycles. The van der Waals surface area contributed by atoms with Crippen molar-refractivity contribution in [1.29, 1.82) is 0 Å². The van der Waals surface area contributed by atoms with Gasteiger partial charge < -0.3 is 5.32 Å². The van der Waals surface area contributed by atoms with Crippen LogP contribution in [0.15, 0.2) is 23.1 Å². The topological polar surface area (TPSA) is 12.0 Å². The Kier molecular flexibility index (Phi) is 2.38. The Morgan fingerprint density at radius 2 is 2.17 bits per heavy atom. The van der Waals surface area contributed by atoms with E-state index in [9.17, 15) is 0 Å². The molecule has 1 aromatic rings. The molecule has 2 rings (SSSR count). The highest BCUT2D eigenvalue weighted by atomic mass is 32.2. The van der Waals surface area contributed by atoms with E-state index in [1.54, 1.807) is 0 Å². The van der Waals surface area contributed by atoms with Crippen molar-refractivity contribution in [3.8, 4) is 0 Å². The van der Waals surface area contributed by atoms with Gasteiger partial charge in [-0.25, -0.2) is 0 Å². The summed E-state index contributed by atoms with van der Waals surface area (Å²) in [5, 5.41) is 3.35. The van der Waals surface area contributed by atoms with Crippen molar-refractivity contribution in [3.05, 3.63) is 29.3 Å². The summed E-state index contributed by atoms with van der Waals surface area (Å²) in [5.41, 5.74) is 2.95. The minimum absolute atomic E-state index is 1.05. The van der Waals surface area contributed by atoms with Crippen molar-refractivity contribution >= 4 is 11.8 Å². The first-order chi connectivity index (χ1) is 5.90. The fourth-order valence-corrected chi connectivity index (χ4v) is 2.25. The third kappa shape index (κ3) is 1.50. The van der Waals surface area contributed by atoms with Crippen LogP contribution in [0.25, 0.3) is 0 Å². The van der Waals surface area contributed by atoms with Crippen LogP contribution in [-0.4, -0.2) is 5.75 Å². The van der Waals surface area contributed by atoms with Gasteiger partial charge in [-0.15, -0.1) is 11.8 Å². The van der Waals surface area contributed by atoms with Gasteiger partial charge in [0.2, 0.25) is 0 Å². The van der Waals surface area contributed by atoms with Crippen LogP contribution >= 0.6 is 11.8 Å². The summed E-state index contributed by atoms with van der Waals surface area (Å²) in [6.45, 7) is 4.29. The molecule has 0 aliphatic carbocycles. The van der Waals surface area contributed by atoms with Crippen LogP contribution in [0.2, 0.25) is 0 Å². The van der Waals surface area contributed by atoms with Crippen LogP contribution in [0.1, 0.15) is 18.1 Å². The average Bonchev–Trinajstić information content (AvgIpc) is 2.51. The second-order valence-corrected chi connectivity index (χ2v) is 4.30. The monoisotopic (exact) mass is 179 g/mol. The molecule has 0 fully saturated rings. The number of hydrogen-bond donors (Lipinski definition) is 1. The normalized spacial score (nSPS) is 14.8. The lowest BCUT2D eigenvalue weighted by molar-refractivity contribution is 0.764. The second kappa shape index (κ2) is 3.50. The van der Waals surface area contributed by atoms with Crippen LogP contribution < -0.4 is 5.32 Å². The van der Waals surface area contributed by atoms with Gasteiger partial charge >= 0.3 is 0 Å². The summed E-state index contributed by atoms with van der Waals surface area (Å²) in [7, 11) is 0. The third-order valence-electron chi connectivity index (χ3n) is 2.12. The van der Waals surface area contributed by atoms with Gasteiger partial charge in [-0.1, -0.05) is 13.0 Å². The Balaban J connectivity index is 2.26. The second-order valence-electron chi connectivity index (χ2n) is 2.97. The molecule has 1 aliphatic heterocycles. The van der Waals surface area contributed by atoms with E-state index < -0.39 is 0 Å². The van der Waals surface area contributed by atoms with Crippen molar-refractivity contribution in [3.63, 3.8) is 0 Å². The lowest BCUT2D eigenvalue weighted by atomic mass is 10.1. The predicted octanol–water partition coefficient (Wildman–Crippen LogP) is 2.40. The number of benzene rings is 1. The summed E-state index contributed by atoms with van der Waals surface area (Å²) < 4.78 is 0. The Hall–Kier alpha value is -0.470. The molecule has 0 radical (unpaired) electrons. The molecule has 1 aliphatic rings. The van der Waals surface area contributed by atoms with Crippen molar-refractivity contribution in [1.82, 2.24) is 5.32 Å². The molecule has 0 saturated carbocycles. The molecule has 0 spiro atoms. The van der Waals surface area contributed by atoms with E-state index >= 15 is 0 Å². The molecular weight excluding hydrogens is 166 g/mol. The van der Waals surface area contributed by atoms with Crippen LogP contribution in [0.5, 0.6) is 0 Å². The zero-order valence-corrected chi connectivity index (χ0v) is 8.08. The lowest BCUT2D eigenvalue weighted by Crippen LogP contribution is -1.99. The quantitative estimate of drug-likeness (QED) is 0.700. The molecule has 0 atom stereocenters. The number of hydrogen-bond acceptors (Lipinski definition) is 2. The molecule has 0 aromatic heterocycles. The Morgan fingerprint density at radius 1 is 1.33 bits per heavy atom. The van der Waals surface area contributed by atoms with E-state index in [1.165, 1.54) is 16.0 Å². The minimum atomic E-state index is 1.05. The maximum Gasteiger partial charge on any atom is 0.0212 e.